The van der Waals surface area contributed by atoms with E-state index in [2.05, 4.69) is 10.9 Å². The van der Waals surface area contributed by atoms with Crippen molar-refractivity contribution in [2.24, 2.45) is 0 Å². The molecule has 0 aliphatic carbocycles. The molecule has 0 radical (unpaired) electrons. The van der Waals surface area contributed by atoms with Crippen molar-refractivity contribution < 1.29 is 32.2 Å². The first kappa shape index (κ1) is 22.1. The van der Waals surface area contributed by atoms with Gasteiger partial charge >= 0.3 is 6.18 Å². The molecule has 156 valence electrons. The van der Waals surface area contributed by atoms with Gasteiger partial charge in [0, 0.05) is 0 Å². The fourth-order valence-electron chi connectivity index (χ4n) is 2.31. The van der Waals surface area contributed by atoms with Crippen LogP contribution >= 0.6 is 0 Å². The van der Waals surface area contributed by atoms with E-state index in [-0.39, 0.29) is 6.42 Å². The minimum absolute atomic E-state index is 0.188. The summed E-state index contributed by atoms with van der Waals surface area (Å²) in [6.45, 7) is 3.90. The van der Waals surface area contributed by atoms with Gasteiger partial charge in [0.25, 0.3) is 5.91 Å². The molecular weight excluding hydrogens is 389 g/mol. The fraction of sp³-hybridized carbons (Fsp3) is 0.300. The molecular formula is C20H21F3N2O4. The molecule has 0 aromatic heterocycles. The minimum Gasteiger partial charge on any atom is -0.494 e. The van der Waals surface area contributed by atoms with Crippen molar-refractivity contribution in [1.29, 1.82) is 0 Å². The van der Waals surface area contributed by atoms with Crippen molar-refractivity contribution in [3.8, 4) is 11.5 Å². The SMILES string of the molecule is CCOc1ccc(OC(C)C(=O)NNC(=O)Cc2ccc(C(F)(F)F)cc2)cc1. The second-order valence-corrected chi connectivity index (χ2v) is 6.07. The van der Waals surface area contributed by atoms with E-state index in [1.807, 2.05) is 6.92 Å². The maximum Gasteiger partial charge on any atom is 0.416 e. The van der Waals surface area contributed by atoms with Crippen LogP contribution in [0.15, 0.2) is 48.5 Å². The van der Waals surface area contributed by atoms with Crippen LogP contribution in [0.25, 0.3) is 0 Å². The number of rotatable bonds is 7. The van der Waals surface area contributed by atoms with E-state index >= 15 is 0 Å². The molecule has 2 aromatic carbocycles. The molecule has 1 unspecified atom stereocenters. The molecule has 2 aromatic rings. The number of hydrazine groups is 1. The van der Waals surface area contributed by atoms with Gasteiger partial charge in [0.2, 0.25) is 5.91 Å². The smallest absolute Gasteiger partial charge is 0.416 e. The number of carbonyl (C=O) groups is 2. The monoisotopic (exact) mass is 410 g/mol. The van der Waals surface area contributed by atoms with E-state index < -0.39 is 29.7 Å². The lowest BCUT2D eigenvalue weighted by atomic mass is 10.1. The van der Waals surface area contributed by atoms with Crippen LogP contribution in [0.5, 0.6) is 11.5 Å². The van der Waals surface area contributed by atoms with Crippen molar-refractivity contribution in [3.63, 3.8) is 0 Å². The second-order valence-electron chi connectivity index (χ2n) is 6.07. The molecule has 0 heterocycles. The number of halogens is 3. The van der Waals surface area contributed by atoms with Crippen molar-refractivity contribution in [1.82, 2.24) is 10.9 Å². The molecule has 6 nitrogen and oxygen atoms in total. The Morgan fingerprint density at radius 1 is 0.966 bits per heavy atom. The number of benzene rings is 2. The number of amides is 2. The van der Waals surface area contributed by atoms with E-state index in [0.717, 1.165) is 12.1 Å². The molecule has 29 heavy (non-hydrogen) atoms. The van der Waals surface area contributed by atoms with Gasteiger partial charge in [-0.15, -0.1) is 0 Å². The third kappa shape index (κ3) is 7.02. The van der Waals surface area contributed by atoms with Crippen LogP contribution in [-0.4, -0.2) is 24.5 Å². The van der Waals surface area contributed by atoms with Crippen molar-refractivity contribution >= 4 is 11.8 Å². The molecule has 9 heteroatoms. The zero-order valence-electron chi connectivity index (χ0n) is 15.9. The number of hydrogen-bond donors (Lipinski definition) is 2. The van der Waals surface area contributed by atoms with Crippen LogP contribution in [-0.2, 0) is 22.2 Å². The summed E-state index contributed by atoms with van der Waals surface area (Å²) in [6.07, 6.45) is -5.51. The van der Waals surface area contributed by atoms with Crippen LogP contribution in [0.1, 0.15) is 25.0 Å². The first-order chi connectivity index (χ1) is 13.7. The maximum atomic E-state index is 12.5. The molecule has 2 N–H and O–H groups in total. The summed E-state index contributed by atoms with van der Waals surface area (Å²) in [6, 6.07) is 10.9. The maximum absolute atomic E-state index is 12.5. The normalized spacial score (nSPS) is 12.0. The highest BCUT2D eigenvalue weighted by molar-refractivity contribution is 5.85. The third-order valence-corrected chi connectivity index (χ3v) is 3.79. The Bertz CT molecular complexity index is 821. The first-order valence-corrected chi connectivity index (χ1v) is 8.83. The van der Waals surface area contributed by atoms with E-state index in [1.54, 1.807) is 24.3 Å². The first-order valence-electron chi connectivity index (χ1n) is 8.83. The number of ether oxygens (including phenoxy) is 2. The summed E-state index contributed by atoms with van der Waals surface area (Å²) >= 11 is 0. The lowest BCUT2D eigenvalue weighted by Crippen LogP contribution is -2.47. The second kappa shape index (κ2) is 9.81. The molecule has 0 aliphatic rings. The van der Waals surface area contributed by atoms with Gasteiger partial charge in [-0.3, -0.25) is 20.4 Å². The Balaban J connectivity index is 1.79. The summed E-state index contributed by atoms with van der Waals surface area (Å²) in [5.74, 6) is -0.0364. The average molecular weight is 410 g/mol. The lowest BCUT2D eigenvalue weighted by Gasteiger charge is -2.15. The molecule has 0 bridgehead atoms. The van der Waals surface area contributed by atoms with E-state index in [1.165, 1.54) is 19.1 Å². The molecule has 2 amide bonds. The zero-order chi connectivity index (χ0) is 21.4. The van der Waals surface area contributed by atoms with Crippen molar-refractivity contribution in [3.05, 3.63) is 59.7 Å². The molecule has 0 saturated carbocycles. The highest BCUT2D eigenvalue weighted by Crippen LogP contribution is 2.29. The molecule has 0 fully saturated rings. The van der Waals surface area contributed by atoms with E-state index in [0.29, 0.717) is 23.7 Å². The molecule has 2 rings (SSSR count). The Morgan fingerprint density at radius 3 is 2.10 bits per heavy atom. The number of hydrogen-bond acceptors (Lipinski definition) is 4. The highest BCUT2D eigenvalue weighted by atomic mass is 19.4. The Hall–Kier alpha value is -3.23. The molecule has 0 aliphatic heterocycles. The topological polar surface area (TPSA) is 76.7 Å². The third-order valence-electron chi connectivity index (χ3n) is 3.79. The molecule has 0 spiro atoms. The van der Waals surface area contributed by atoms with Gasteiger partial charge in [-0.1, -0.05) is 12.1 Å². The summed E-state index contributed by atoms with van der Waals surface area (Å²) in [5.41, 5.74) is 4.01. The van der Waals surface area contributed by atoms with Gasteiger partial charge in [0.05, 0.1) is 18.6 Å². The van der Waals surface area contributed by atoms with Crippen LogP contribution in [0.3, 0.4) is 0 Å². The van der Waals surface area contributed by atoms with Crippen molar-refractivity contribution in [2.45, 2.75) is 32.5 Å². The van der Waals surface area contributed by atoms with Gasteiger partial charge in [-0.25, -0.2) is 0 Å². The Morgan fingerprint density at radius 2 is 1.55 bits per heavy atom. The predicted molar refractivity (Wildman–Crippen MR) is 99.1 cm³/mol. The Labute approximate surface area is 166 Å². The fourth-order valence-corrected chi connectivity index (χ4v) is 2.31. The summed E-state index contributed by atoms with van der Waals surface area (Å²) in [5, 5.41) is 0. The average Bonchev–Trinajstić information content (AvgIpc) is 2.67. The molecule has 1 atom stereocenters. The number of nitrogens with one attached hydrogen (secondary N) is 2. The van der Waals surface area contributed by atoms with E-state index in [9.17, 15) is 22.8 Å². The standard InChI is InChI=1S/C20H21F3N2O4/c1-3-28-16-8-10-17(11-9-16)29-13(2)19(27)25-24-18(26)12-14-4-6-15(7-5-14)20(21,22)23/h4-11,13H,3,12H2,1-2H3,(H,24,26)(H,25,27). The summed E-state index contributed by atoms with van der Waals surface area (Å²) < 4.78 is 48.4. The predicted octanol–water partition coefficient (Wildman–Crippen LogP) is 3.26. The number of alkyl halides is 3. The minimum atomic E-state index is -4.44. The van der Waals surface area contributed by atoms with Gasteiger partial charge in [-0.2, -0.15) is 13.2 Å². The van der Waals surface area contributed by atoms with Crippen LogP contribution < -0.4 is 20.3 Å². The Kier molecular flexibility index (Phi) is 7.46. The zero-order valence-corrected chi connectivity index (χ0v) is 15.9. The van der Waals surface area contributed by atoms with Gasteiger partial charge in [0.15, 0.2) is 6.10 Å². The summed E-state index contributed by atoms with van der Waals surface area (Å²) in [4.78, 5) is 23.9. The summed E-state index contributed by atoms with van der Waals surface area (Å²) in [7, 11) is 0. The quantitative estimate of drug-likeness (QED) is 0.687. The van der Waals surface area contributed by atoms with Gasteiger partial charge < -0.3 is 9.47 Å². The van der Waals surface area contributed by atoms with Crippen LogP contribution in [0.4, 0.5) is 13.2 Å². The van der Waals surface area contributed by atoms with E-state index in [4.69, 9.17) is 9.47 Å². The highest BCUT2D eigenvalue weighted by Gasteiger charge is 2.30. The lowest BCUT2D eigenvalue weighted by molar-refractivity contribution is -0.137. The number of carbonyl (C=O) groups excluding carboxylic acids is 2. The van der Waals surface area contributed by atoms with Crippen LogP contribution in [0, 0.1) is 0 Å². The van der Waals surface area contributed by atoms with Crippen molar-refractivity contribution in [2.75, 3.05) is 6.61 Å². The largest absolute Gasteiger partial charge is 0.494 e. The van der Waals surface area contributed by atoms with Crippen LogP contribution in [0.2, 0.25) is 0 Å². The van der Waals surface area contributed by atoms with Gasteiger partial charge in [0.1, 0.15) is 11.5 Å². The molecule has 0 saturated heterocycles. The van der Waals surface area contributed by atoms with Gasteiger partial charge in [-0.05, 0) is 55.8 Å².